The maximum Gasteiger partial charge on any atom is 0.223 e. The summed E-state index contributed by atoms with van der Waals surface area (Å²) in [4.78, 5) is 12.6. The molecule has 0 bridgehead atoms. The number of aromatic nitrogens is 4. The molecule has 2 aromatic heterocycles. The molecule has 0 spiro atoms. The fourth-order valence-corrected chi connectivity index (χ4v) is 4.61. The molecule has 0 atom stereocenters. The number of hydrogen-bond acceptors (Lipinski definition) is 4. The summed E-state index contributed by atoms with van der Waals surface area (Å²) in [6.07, 6.45) is 5.59. The topological polar surface area (TPSA) is 72.2 Å². The summed E-state index contributed by atoms with van der Waals surface area (Å²) in [7, 11) is 0. The third-order valence-corrected chi connectivity index (χ3v) is 6.48. The molecule has 6 heteroatoms. The van der Waals surface area contributed by atoms with Crippen LogP contribution in [0.3, 0.4) is 0 Å². The molecule has 0 unspecified atom stereocenters. The van der Waals surface area contributed by atoms with Gasteiger partial charge in [-0.25, -0.2) is 0 Å². The van der Waals surface area contributed by atoms with Gasteiger partial charge in [0.15, 0.2) is 11.5 Å². The van der Waals surface area contributed by atoms with E-state index in [2.05, 4.69) is 46.7 Å². The quantitative estimate of drug-likeness (QED) is 0.524. The first-order valence-corrected chi connectivity index (χ1v) is 11.1. The molecule has 158 valence electrons. The van der Waals surface area contributed by atoms with Crippen LogP contribution in [0.15, 0.2) is 42.5 Å². The fraction of sp³-hybridized carbons (Fsp3) is 0.360. The Hall–Kier alpha value is -3.28. The van der Waals surface area contributed by atoms with Crippen molar-refractivity contribution in [2.75, 3.05) is 0 Å². The molecule has 5 rings (SSSR count). The molecule has 0 aliphatic heterocycles. The van der Waals surface area contributed by atoms with Gasteiger partial charge in [-0.1, -0.05) is 55.7 Å². The van der Waals surface area contributed by atoms with E-state index in [0.717, 1.165) is 64.5 Å². The van der Waals surface area contributed by atoms with E-state index in [0.29, 0.717) is 12.4 Å². The summed E-state index contributed by atoms with van der Waals surface area (Å²) >= 11 is 0. The second-order valence-corrected chi connectivity index (χ2v) is 8.58. The van der Waals surface area contributed by atoms with E-state index >= 15 is 0 Å². The predicted octanol–water partition coefficient (Wildman–Crippen LogP) is 4.76. The van der Waals surface area contributed by atoms with Crippen molar-refractivity contribution in [2.24, 2.45) is 5.92 Å². The Labute approximate surface area is 181 Å². The average Bonchev–Trinajstić information content (AvgIpc) is 3.23. The first-order chi connectivity index (χ1) is 15.1. The van der Waals surface area contributed by atoms with E-state index in [9.17, 15) is 4.79 Å². The van der Waals surface area contributed by atoms with Crippen molar-refractivity contribution in [3.05, 3.63) is 59.3 Å². The van der Waals surface area contributed by atoms with Crippen molar-refractivity contribution in [1.82, 2.24) is 25.1 Å². The number of benzene rings is 2. The van der Waals surface area contributed by atoms with Crippen LogP contribution in [0.5, 0.6) is 0 Å². The van der Waals surface area contributed by atoms with Gasteiger partial charge in [0.2, 0.25) is 5.91 Å². The lowest BCUT2D eigenvalue weighted by Gasteiger charge is -2.21. The molecule has 0 saturated heterocycles. The SMILES string of the molecule is Cc1ccc(-c2nnc3c4ccccc4c(C)nn23)cc1CNC(=O)C1CCCCC1. The zero-order valence-corrected chi connectivity index (χ0v) is 18.1. The number of hydrogen-bond donors (Lipinski definition) is 1. The normalized spacial score (nSPS) is 14.9. The lowest BCUT2D eigenvalue weighted by molar-refractivity contribution is -0.126. The molecule has 31 heavy (non-hydrogen) atoms. The Morgan fingerprint density at radius 2 is 1.81 bits per heavy atom. The van der Waals surface area contributed by atoms with E-state index in [1.54, 1.807) is 0 Å². The Bertz CT molecular complexity index is 1270. The molecule has 4 aromatic rings. The first kappa shape index (κ1) is 19.7. The Morgan fingerprint density at radius 1 is 1.03 bits per heavy atom. The van der Waals surface area contributed by atoms with Crippen molar-refractivity contribution >= 4 is 22.3 Å². The van der Waals surface area contributed by atoms with Crippen LogP contribution < -0.4 is 5.32 Å². The zero-order valence-electron chi connectivity index (χ0n) is 18.1. The number of rotatable bonds is 4. The summed E-state index contributed by atoms with van der Waals surface area (Å²) in [5.41, 5.74) is 4.88. The number of amides is 1. The Morgan fingerprint density at radius 3 is 2.61 bits per heavy atom. The number of carbonyl (C=O) groups excluding carboxylic acids is 1. The summed E-state index contributed by atoms with van der Waals surface area (Å²) in [6.45, 7) is 4.61. The summed E-state index contributed by atoms with van der Waals surface area (Å²) < 4.78 is 1.83. The molecular weight excluding hydrogens is 386 g/mol. The number of aryl methyl sites for hydroxylation is 2. The number of nitrogens with zero attached hydrogens (tertiary/aromatic N) is 4. The van der Waals surface area contributed by atoms with E-state index in [1.807, 2.05) is 29.6 Å². The molecule has 1 fully saturated rings. The van der Waals surface area contributed by atoms with Crippen LogP contribution in [0, 0.1) is 19.8 Å². The van der Waals surface area contributed by atoms with Gasteiger partial charge >= 0.3 is 0 Å². The molecule has 0 radical (unpaired) electrons. The highest BCUT2D eigenvalue weighted by Crippen LogP contribution is 2.27. The van der Waals surface area contributed by atoms with Gasteiger partial charge in [-0.2, -0.15) is 9.61 Å². The van der Waals surface area contributed by atoms with Crippen molar-refractivity contribution in [3.63, 3.8) is 0 Å². The Balaban J connectivity index is 1.46. The third kappa shape index (κ3) is 3.67. The van der Waals surface area contributed by atoms with Crippen LogP contribution in [0.2, 0.25) is 0 Å². The van der Waals surface area contributed by atoms with Gasteiger partial charge in [0.1, 0.15) is 0 Å². The van der Waals surface area contributed by atoms with Crippen molar-refractivity contribution < 1.29 is 4.79 Å². The van der Waals surface area contributed by atoms with E-state index in [-0.39, 0.29) is 11.8 Å². The predicted molar refractivity (Wildman–Crippen MR) is 122 cm³/mol. The summed E-state index contributed by atoms with van der Waals surface area (Å²) in [5.74, 6) is 1.06. The lowest BCUT2D eigenvalue weighted by atomic mass is 9.88. The van der Waals surface area contributed by atoms with Gasteiger partial charge in [-0.3, -0.25) is 4.79 Å². The zero-order chi connectivity index (χ0) is 21.4. The Kier molecular flexibility index (Phi) is 5.14. The molecular formula is C25H27N5O. The molecule has 1 N–H and O–H groups in total. The highest BCUT2D eigenvalue weighted by Gasteiger charge is 2.21. The van der Waals surface area contributed by atoms with Gasteiger partial charge in [0, 0.05) is 28.8 Å². The number of fused-ring (bicyclic) bond motifs is 3. The maximum atomic E-state index is 12.6. The van der Waals surface area contributed by atoms with E-state index in [4.69, 9.17) is 5.10 Å². The van der Waals surface area contributed by atoms with Crippen LogP contribution in [0.25, 0.3) is 27.8 Å². The minimum Gasteiger partial charge on any atom is -0.352 e. The summed E-state index contributed by atoms with van der Waals surface area (Å²) in [6, 6.07) is 14.4. The van der Waals surface area contributed by atoms with Gasteiger partial charge in [0.05, 0.1) is 5.69 Å². The van der Waals surface area contributed by atoms with Crippen LogP contribution >= 0.6 is 0 Å². The lowest BCUT2D eigenvalue weighted by Crippen LogP contribution is -2.31. The second-order valence-electron chi connectivity index (χ2n) is 8.58. The molecule has 2 heterocycles. The van der Waals surface area contributed by atoms with Gasteiger partial charge < -0.3 is 5.32 Å². The highest BCUT2D eigenvalue weighted by atomic mass is 16.1. The number of nitrogens with one attached hydrogen (secondary N) is 1. The molecule has 2 aromatic carbocycles. The van der Waals surface area contributed by atoms with Crippen LogP contribution in [0.4, 0.5) is 0 Å². The molecule has 1 aliphatic carbocycles. The van der Waals surface area contributed by atoms with Crippen molar-refractivity contribution in [2.45, 2.75) is 52.5 Å². The monoisotopic (exact) mass is 413 g/mol. The minimum absolute atomic E-state index is 0.165. The van der Waals surface area contributed by atoms with E-state index in [1.165, 1.54) is 6.42 Å². The van der Waals surface area contributed by atoms with Crippen molar-refractivity contribution in [1.29, 1.82) is 0 Å². The fourth-order valence-electron chi connectivity index (χ4n) is 4.61. The average molecular weight is 414 g/mol. The molecule has 1 amide bonds. The van der Waals surface area contributed by atoms with Gasteiger partial charge in [-0.05, 0) is 43.9 Å². The molecule has 1 aliphatic rings. The second kappa shape index (κ2) is 8.10. The highest BCUT2D eigenvalue weighted by molar-refractivity contribution is 5.95. The van der Waals surface area contributed by atoms with Crippen LogP contribution in [-0.4, -0.2) is 25.7 Å². The van der Waals surface area contributed by atoms with Gasteiger partial charge in [0.25, 0.3) is 0 Å². The van der Waals surface area contributed by atoms with Gasteiger partial charge in [-0.15, -0.1) is 10.2 Å². The largest absolute Gasteiger partial charge is 0.352 e. The molecule has 6 nitrogen and oxygen atoms in total. The van der Waals surface area contributed by atoms with E-state index < -0.39 is 0 Å². The smallest absolute Gasteiger partial charge is 0.223 e. The molecule has 1 saturated carbocycles. The van der Waals surface area contributed by atoms with Crippen molar-refractivity contribution in [3.8, 4) is 11.4 Å². The van der Waals surface area contributed by atoms with Crippen LogP contribution in [0.1, 0.15) is 48.9 Å². The number of carbonyl (C=O) groups is 1. The maximum absolute atomic E-state index is 12.6. The van der Waals surface area contributed by atoms with Crippen LogP contribution in [-0.2, 0) is 11.3 Å². The minimum atomic E-state index is 0.165. The summed E-state index contributed by atoms with van der Waals surface area (Å²) in [5, 5.41) is 18.9. The first-order valence-electron chi connectivity index (χ1n) is 11.1. The third-order valence-electron chi connectivity index (χ3n) is 6.48. The standard InChI is InChI=1S/C25H27N5O/c1-16-12-13-19(14-20(16)15-26-25(31)18-8-4-3-5-9-18)23-27-28-24-22-11-7-6-10-21(22)17(2)29-30(23)24/h6-7,10-14,18H,3-5,8-9,15H2,1-2H3,(H,26,31).